The van der Waals surface area contributed by atoms with Crippen molar-refractivity contribution in [3.8, 4) is 11.4 Å². The Morgan fingerprint density at radius 1 is 1.09 bits per heavy atom. The van der Waals surface area contributed by atoms with Crippen molar-refractivity contribution >= 4 is 5.95 Å². The predicted molar refractivity (Wildman–Crippen MR) is 78.5 cm³/mol. The zero-order valence-corrected chi connectivity index (χ0v) is 11.7. The lowest BCUT2D eigenvalue weighted by atomic mass is 10.2. The van der Waals surface area contributed by atoms with Crippen molar-refractivity contribution in [2.24, 2.45) is 0 Å². The molecule has 0 unspecified atom stereocenters. The van der Waals surface area contributed by atoms with Gasteiger partial charge < -0.3 is 9.84 Å². The van der Waals surface area contributed by atoms with Crippen LogP contribution in [0.3, 0.4) is 0 Å². The van der Waals surface area contributed by atoms with Gasteiger partial charge in [0.1, 0.15) is 5.82 Å². The minimum atomic E-state index is -0.290. The van der Waals surface area contributed by atoms with Crippen LogP contribution in [-0.2, 0) is 6.42 Å². The van der Waals surface area contributed by atoms with E-state index in [1.165, 1.54) is 12.1 Å². The van der Waals surface area contributed by atoms with E-state index in [-0.39, 0.29) is 5.82 Å². The molecule has 0 spiro atoms. The molecule has 0 bridgehead atoms. The Morgan fingerprint density at radius 3 is 2.64 bits per heavy atom. The third-order valence-corrected chi connectivity index (χ3v) is 2.99. The first-order valence-electron chi connectivity index (χ1n) is 6.91. The predicted octanol–water partition coefficient (Wildman–Crippen LogP) is 2.71. The highest BCUT2D eigenvalue weighted by molar-refractivity contribution is 5.53. The number of hydrogen-bond acceptors (Lipinski definition) is 6. The van der Waals surface area contributed by atoms with Crippen LogP contribution in [0.4, 0.5) is 10.3 Å². The zero-order valence-electron chi connectivity index (χ0n) is 11.7. The van der Waals surface area contributed by atoms with E-state index in [1.807, 2.05) is 0 Å². The highest BCUT2D eigenvalue weighted by Crippen LogP contribution is 2.16. The van der Waals surface area contributed by atoms with Crippen LogP contribution in [-0.4, -0.2) is 26.7 Å². The lowest BCUT2D eigenvalue weighted by Crippen LogP contribution is -2.05. The van der Waals surface area contributed by atoms with Gasteiger partial charge in [-0.05, 0) is 36.8 Å². The largest absolute Gasteiger partial charge is 0.354 e. The number of nitrogens with one attached hydrogen (secondary N) is 1. The molecule has 0 amide bonds. The van der Waals surface area contributed by atoms with E-state index in [2.05, 4.69) is 25.4 Å². The van der Waals surface area contributed by atoms with Crippen LogP contribution < -0.4 is 5.32 Å². The van der Waals surface area contributed by atoms with Crippen molar-refractivity contribution in [3.05, 3.63) is 54.4 Å². The Balaban J connectivity index is 1.50. The van der Waals surface area contributed by atoms with Crippen LogP contribution in [0.2, 0.25) is 0 Å². The SMILES string of the molecule is Fc1ccc(-c2noc(CCCNc3ncccn3)n2)cc1. The molecule has 112 valence electrons. The van der Waals surface area contributed by atoms with Crippen molar-refractivity contribution in [1.29, 1.82) is 0 Å². The minimum Gasteiger partial charge on any atom is -0.354 e. The zero-order chi connectivity index (χ0) is 15.2. The molecule has 0 atom stereocenters. The second-order valence-electron chi connectivity index (χ2n) is 4.62. The monoisotopic (exact) mass is 299 g/mol. The van der Waals surface area contributed by atoms with Gasteiger partial charge in [-0.15, -0.1) is 0 Å². The molecule has 0 aliphatic rings. The van der Waals surface area contributed by atoms with Crippen LogP contribution in [0.5, 0.6) is 0 Å². The lowest BCUT2D eigenvalue weighted by Gasteiger charge is -2.01. The topological polar surface area (TPSA) is 76.7 Å². The van der Waals surface area contributed by atoms with Gasteiger partial charge in [-0.1, -0.05) is 5.16 Å². The van der Waals surface area contributed by atoms with Gasteiger partial charge in [0.05, 0.1) is 0 Å². The average molecular weight is 299 g/mol. The summed E-state index contributed by atoms with van der Waals surface area (Å²) in [4.78, 5) is 12.4. The van der Waals surface area contributed by atoms with Crippen LogP contribution >= 0.6 is 0 Å². The highest BCUT2D eigenvalue weighted by Gasteiger charge is 2.08. The summed E-state index contributed by atoms with van der Waals surface area (Å²) in [6.45, 7) is 0.707. The molecule has 0 radical (unpaired) electrons. The fraction of sp³-hybridized carbons (Fsp3) is 0.200. The molecular formula is C15H14FN5O. The first kappa shape index (κ1) is 14.1. The van der Waals surface area contributed by atoms with Crippen molar-refractivity contribution in [2.75, 3.05) is 11.9 Å². The van der Waals surface area contributed by atoms with Gasteiger partial charge in [-0.3, -0.25) is 0 Å². The standard InChI is InChI=1S/C15H14FN5O/c16-12-6-4-11(5-7-12)14-20-13(22-21-14)3-1-8-17-15-18-9-2-10-19-15/h2,4-7,9-10H,1,3,8H2,(H,17,18,19). The number of aryl methyl sites for hydroxylation is 1. The molecule has 1 N–H and O–H groups in total. The van der Waals surface area contributed by atoms with Crippen molar-refractivity contribution in [3.63, 3.8) is 0 Å². The summed E-state index contributed by atoms with van der Waals surface area (Å²) in [6, 6.07) is 7.75. The van der Waals surface area contributed by atoms with Crippen LogP contribution in [0.25, 0.3) is 11.4 Å². The second-order valence-corrected chi connectivity index (χ2v) is 4.62. The van der Waals surface area contributed by atoms with E-state index in [0.29, 0.717) is 30.6 Å². The van der Waals surface area contributed by atoms with E-state index >= 15 is 0 Å². The number of rotatable bonds is 6. The summed E-state index contributed by atoms with van der Waals surface area (Å²) in [6.07, 6.45) is 4.82. The minimum absolute atomic E-state index is 0.290. The molecule has 7 heteroatoms. The molecule has 22 heavy (non-hydrogen) atoms. The molecule has 6 nitrogen and oxygen atoms in total. The Kier molecular flexibility index (Phi) is 4.33. The number of aromatic nitrogens is 4. The molecule has 0 saturated heterocycles. The van der Waals surface area contributed by atoms with Gasteiger partial charge >= 0.3 is 0 Å². The average Bonchev–Trinajstić information content (AvgIpc) is 3.02. The number of hydrogen-bond donors (Lipinski definition) is 1. The van der Waals surface area contributed by atoms with E-state index in [1.54, 1.807) is 30.6 Å². The Morgan fingerprint density at radius 2 is 1.86 bits per heavy atom. The summed E-state index contributed by atoms with van der Waals surface area (Å²) < 4.78 is 18.1. The number of benzene rings is 1. The van der Waals surface area contributed by atoms with E-state index in [0.717, 1.165) is 12.0 Å². The number of anilines is 1. The van der Waals surface area contributed by atoms with E-state index < -0.39 is 0 Å². The fourth-order valence-corrected chi connectivity index (χ4v) is 1.90. The Labute approximate surface area is 126 Å². The van der Waals surface area contributed by atoms with Gasteiger partial charge in [0.2, 0.25) is 17.7 Å². The third kappa shape index (κ3) is 3.63. The maximum absolute atomic E-state index is 12.9. The van der Waals surface area contributed by atoms with Gasteiger partial charge in [0.25, 0.3) is 0 Å². The quantitative estimate of drug-likeness (QED) is 0.705. The van der Waals surface area contributed by atoms with Crippen molar-refractivity contribution in [2.45, 2.75) is 12.8 Å². The maximum Gasteiger partial charge on any atom is 0.227 e. The molecule has 3 aromatic rings. The molecule has 1 aromatic carbocycles. The Hall–Kier alpha value is -2.83. The molecule has 3 rings (SSSR count). The van der Waals surface area contributed by atoms with Gasteiger partial charge in [0, 0.05) is 30.9 Å². The van der Waals surface area contributed by atoms with E-state index in [9.17, 15) is 4.39 Å². The third-order valence-electron chi connectivity index (χ3n) is 2.99. The Bertz CT molecular complexity index is 714. The number of halogens is 1. The smallest absolute Gasteiger partial charge is 0.227 e. The first-order valence-corrected chi connectivity index (χ1v) is 6.91. The van der Waals surface area contributed by atoms with Crippen LogP contribution in [0.15, 0.2) is 47.2 Å². The van der Waals surface area contributed by atoms with Crippen molar-refractivity contribution < 1.29 is 8.91 Å². The summed E-state index contributed by atoms with van der Waals surface area (Å²) in [7, 11) is 0. The maximum atomic E-state index is 12.9. The summed E-state index contributed by atoms with van der Waals surface area (Å²) >= 11 is 0. The summed E-state index contributed by atoms with van der Waals surface area (Å²) in [5, 5.41) is 7.01. The van der Waals surface area contributed by atoms with Gasteiger partial charge in [-0.2, -0.15) is 4.98 Å². The highest BCUT2D eigenvalue weighted by atomic mass is 19.1. The normalized spacial score (nSPS) is 10.6. The first-order chi connectivity index (χ1) is 10.8. The summed E-state index contributed by atoms with van der Waals surface area (Å²) in [5.41, 5.74) is 0.729. The van der Waals surface area contributed by atoms with Crippen LogP contribution in [0, 0.1) is 5.82 Å². The molecule has 0 fully saturated rings. The fourth-order valence-electron chi connectivity index (χ4n) is 1.90. The molecule has 0 aliphatic carbocycles. The van der Waals surface area contributed by atoms with Crippen molar-refractivity contribution in [1.82, 2.24) is 20.1 Å². The molecular weight excluding hydrogens is 285 g/mol. The summed E-state index contributed by atoms with van der Waals surface area (Å²) in [5.74, 6) is 1.33. The molecule has 0 aliphatic heterocycles. The van der Waals surface area contributed by atoms with Gasteiger partial charge in [-0.25, -0.2) is 14.4 Å². The lowest BCUT2D eigenvalue weighted by molar-refractivity contribution is 0.377. The van der Waals surface area contributed by atoms with Gasteiger partial charge in [0.15, 0.2) is 0 Å². The second kappa shape index (κ2) is 6.75. The van der Waals surface area contributed by atoms with E-state index in [4.69, 9.17) is 4.52 Å². The van der Waals surface area contributed by atoms with Crippen LogP contribution in [0.1, 0.15) is 12.3 Å². The molecule has 2 aromatic heterocycles. The number of nitrogens with zero attached hydrogens (tertiary/aromatic N) is 4. The molecule has 2 heterocycles. The molecule has 0 saturated carbocycles.